The SMILES string of the molecule is C#CC(CCCCC)OC(C)OCC. The molecule has 2 nitrogen and oxygen atoms in total. The Morgan fingerprint density at radius 1 is 1.29 bits per heavy atom. The molecule has 2 atom stereocenters. The summed E-state index contributed by atoms with van der Waals surface area (Å²) in [7, 11) is 0. The molecule has 0 spiro atoms. The molecular formula is C12H22O2. The van der Waals surface area contributed by atoms with Crippen LogP contribution in [0.5, 0.6) is 0 Å². The van der Waals surface area contributed by atoms with Gasteiger partial charge in [0.2, 0.25) is 0 Å². The molecule has 0 aliphatic carbocycles. The van der Waals surface area contributed by atoms with E-state index in [4.69, 9.17) is 15.9 Å². The fraction of sp³-hybridized carbons (Fsp3) is 0.833. The van der Waals surface area contributed by atoms with Crippen molar-refractivity contribution in [1.82, 2.24) is 0 Å². The Bertz CT molecular complexity index is 160. The minimum absolute atomic E-state index is 0.0944. The summed E-state index contributed by atoms with van der Waals surface area (Å²) in [6.45, 7) is 6.66. The summed E-state index contributed by atoms with van der Waals surface area (Å²) in [5.74, 6) is 2.65. The predicted octanol–water partition coefficient (Wildman–Crippen LogP) is 2.97. The molecule has 0 rings (SSSR count). The third-order valence-electron chi connectivity index (χ3n) is 2.01. The van der Waals surface area contributed by atoms with E-state index in [0.717, 1.165) is 12.8 Å². The van der Waals surface area contributed by atoms with Gasteiger partial charge in [-0.15, -0.1) is 6.42 Å². The lowest BCUT2D eigenvalue weighted by atomic mass is 10.1. The summed E-state index contributed by atoms with van der Waals surface area (Å²) in [5, 5.41) is 0. The van der Waals surface area contributed by atoms with Crippen molar-refractivity contribution in [3.05, 3.63) is 0 Å². The molecule has 0 saturated carbocycles. The van der Waals surface area contributed by atoms with Gasteiger partial charge in [-0.1, -0.05) is 25.7 Å². The van der Waals surface area contributed by atoms with Crippen LogP contribution in [0.15, 0.2) is 0 Å². The van der Waals surface area contributed by atoms with Crippen LogP contribution in [-0.2, 0) is 9.47 Å². The quantitative estimate of drug-likeness (QED) is 0.339. The zero-order valence-electron chi connectivity index (χ0n) is 9.58. The van der Waals surface area contributed by atoms with E-state index in [2.05, 4.69) is 12.8 Å². The summed E-state index contributed by atoms with van der Waals surface area (Å²) in [6.07, 6.45) is 9.56. The van der Waals surface area contributed by atoms with Gasteiger partial charge in [-0.2, -0.15) is 0 Å². The second-order valence-corrected chi connectivity index (χ2v) is 3.31. The lowest BCUT2D eigenvalue weighted by Gasteiger charge is -2.17. The highest BCUT2D eigenvalue weighted by atomic mass is 16.7. The molecule has 0 radical (unpaired) electrons. The lowest BCUT2D eigenvalue weighted by Crippen LogP contribution is -2.21. The van der Waals surface area contributed by atoms with Crippen LogP contribution in [0.4, 0.5) is 0 Å². The molecule has 0 bridgehead atoms. The molecule has 0 amide bonds. The Hall–Kier alpha value is -0.520. The average Bonchev–Trinajstić information content (AvgIpc) is 2.17. The zero-order chi connectivity index (χ0) is 10.8. The van der Waals surface area contributed by atoms with Gasteiger partial charge in [0.25, 0.3) is 0 Å². The largest absolute Gasteiger partial charge is 0.353 e. The van der Waals surface area contributed by atoms with Crippen LogP contribution in [-0.4, -0.2) is 19.0 Å². The van der Waals surface area contributed by atoms with Crippen molar-refractivity contribution in [1.29, 1.82) is 0 Å². The smallest absolute Gasteiger partial charge is 0.156 e. The second kappa shape index (κ2) is 9.05. The van der Waals surface area contributed by atoms with Crippen molar-refractivity contribution in [2.24, 2.45) is 0 Å². The first-order valence-electron chi connectivity index (χ1n) is 5.47. The monoisotopic (exact) mass is 198 g/mol. The van der Waals surface area contributed by atoms with Gasteiger partial charge < -0.3 is 9.47 Å². The van der Waals surface area contributed by atoms with Gasteiger partial charge in [0.05, 0.1) is 0 Å². The van der Waals surface area contributed by atoms with Gasteiger partial charge >= 0.3 is 0 Å². The number of rotatable bonds is 8. The van der Waals surface area contributed by atoms with E-state index in [-0.39, 0.29) is 12.4 Å². The molecule has 0 fully saturated rings. The molecule has 0 heterocycles. The highest BCUT2D eigenvalue weighted by molar-refractivity contribution is 4.94. The lowest BCUT2D eigenvalue weighted by molar-refractivity contribution is -0.144. The third kappa shape index (κ3) is 6.94. The van der Waals surface area contributed by atoms with Gasteiger partial charge in [0.15, 0.2) is 6.29 Å². The van der Waals surface area contributed by atoms with Crippen LogP contribution in [0, 0.1) is 12.3 Å². The summed E-state index contributed by atoms with van der Waals surface area (Å²) >= 11 is 0. The molecule has 0 aliphatic heterocycles. The van der Waals surface area contributed by atoms with Crippen molar-refractivity contribution >= 4 is 0 Å². The van der Waals surface area contributed by atoms with E-state index in [1.165, 1.54) is 12.8 Å². The van der Waals surface area contributed by atoms with E-state index in [0.29, 0.717) is 6.61 Å². The van der Waals surface area contributed by atoms with Gasteiger partial charge in [0, 0.05) is 6.61 Å². The minimum Gasteiger partial charge on any atom is -0.353 e. The van der Waals surface area contributed by atoms with Gasteiger partial charge in [0.1, 0.15) is 6.10 Å². The Morgan fingerprint density at radius 3 is 2.50 bits per heavy atom. The summed E-state index contributed by atoms with van der Waals surface area (Å²) in [6, 6.07) is 0. The maximum Gasteiger partial charge on any atom is 0.156 e. The van der Waals surface area contributed by atoms with Gasteiger partial charge in [-0.25, -0.2) is 0 Å². The number of unbranched alkanes of at least 4 members (excludes halogenated alkanes) is 2. The van der Waals surface area contributed by atoms with Crippen molar-refractivity contribution in [2.45, 2.75) is 58.8 Å². The predicted molar refractivity (Wildman–Crippen MR) is 58.9 cm³/mol. The fourth-order valence-electron chi connectivity index (χ4n) is 1.28. The molecule has 0 aromatic rings. The normalized spacial score (nSPS) is 14.7. The van der Waals surface area contributed by atoms with Crippen LogP contribution < -0.4 is 0 Å². The molecule has 0 saturated heterocycles. The molecule has 0 N–H and O–H groups in total. The number of hydrogen-bond acceptors (Lipinski definition) is 2. The summed E-state index contributed by atoms with van der Waals surface area (Å²) in [5.41, 5.74) is 0. The van der Waals surface area contributed by atoms with Gasteiger partial charge in [-0.05, 0) is 26.7 Å². The van der Waals surface area contributed by atoms with E-state index in [1.54, 1.807) is 0 Å². The zero-order valence-corrected chi connectivity index (χ0v) is 9.58. The highest BCUT2D eigenvalue weighted by Crippen LogP contribution is 2.08. The number of hydrogen-bond donors (Lipinski definition) is 0. The van der Waals surface area contributed by atoms with E-state index >= 15 is 0 Å². The van der Waals surface area contributed by atoms with Crippen molar-refractivity contribution in [3.8, 4) is 12.3 Å². The highest BCUT2D eigenvalue weighted by Gasteiger charge is 2.09. The number of ether oxygens (including phenoxy) is 2. The Morgan fingerprint density at radius 2 is 2.00 bits per heavy atom. The first-order chi connectivity index (χ1) is 6.74. The molecule has 2 heteroatoms. The summed E-state index contributed by atoms with van der Waals surface area (Å²) in [4.78, 5) is 0. The number of terminal acetylenes is 1. The molecule has 0 aromatic heterocycles. The van der Waals surface area contributed by atoms with Crippen LogP contribution in [0.3, 0.4) is 0 Å². The van der Waals surface area contributed by atoms with Crippen molar-refractivity contribution < 1.29 is 9.47 Å². The molecular weight excluding hydrogens is 176 g/mol. The van der Waals surface area contributed by atoms with Crippen LogP contribution in [0.1, 0.15) is 46.5 Å². The van der Waals surface area contributed by atoms with Crippen LogP contribution in [0.25, 0.3) is 0 Å². The Kier molecular flexibility index (Phi) is 8.72. The maximum absolute atomic E-state index is 5.53. The fourth-order valence-corrected chi connectivity index (χ4v) is 1.28. The van der Waals surface area contributed by atoms with Crippen molar-refractivity contribution in [3.63, 3.8) is 0 Å². The van der Waals surface area contributed by atoms with Crippen LogP contribution in [0.2, 0.25) is 0 Å². The Labute approximate surface area is 88.0 Å². The molecule has 2 unspecified atom stereocenters. The van der Waals surface area contributed by atoms with Crippen molar-refractivity contribution in [2.75, 3.05) is 6.61 Å². The summed E-state index contributed by atoms with van der Waals surface area (Å²) < 4.78 is 10.8. The minimum atomic E-state index is -0.192. The first-order valence-corrected chi connectivity index (χ1v) is 5.47. The van der Waals surface area contributed by atoms with E-state index in [9.17, 15) is 0 Å². The molecule has 14 heavy (non-hydrogen) atoms. The molecule has 0 aliphatic rings. The van der Waals surface area contributed by atoms with E-state index in [1.807, 2.05) is 13.8 Å². The standard InChI is InChI=1S/C12H22O2/c1-5-8-9-10-12(6-2)14-11(4)13-7-3/h2,11-12H,5,7-10H2,1,3-4H3. The first kappa shape index (κ1) is 13.5. The topological polar surface area (TPSA) is 18.5 Å². The maximum atomic E-state index is 5.53. The van der Waals surface area contributed by atoms with E-state index < -0.39 is 0 Å². The average molecular weight is 198 g/mol. The van der Waals surface area contributed by atoms with Crippen LogP contribution >= 0.6 is 0 Å². The third-order valence-corrected chi connectivity index (χ3v) is 2.01. The Balaban J connectivity index is 3.63. The molecule has 0 aromatic carbocycles. The van der Waals surface area contributed by atoms with Gasteiger partial charge in [-0.3, -0.25) is 0 Å². The molecule has 82 valence electrons. The second-order valence-electron chi connectivity index (χ2n) is 3.31.